The molecule has 120 valence electrons. The first-order valence-corrected chi connectivity index (χ1v) is 8.89. The lowest BCUT2D eigenvalue weighted by Gasteiger charge is -2.22. The van der Waals surface area contributed by atoms with Crippen molar-refractivity contribution in [2.45, 2.75) is 32.2 Å². The summed E-state index contributed by atoms with van der Waals surface area (Å²) in [5.74, 6) is 4.64. The van der Waals surface area contributed by atoms with E-state index in [1.165, 1.54) is 24.8 Å². The van der Waals surface area contributed by atoms with Gasteiger partial charge >= 0.3 is 0 Å². The van der Waals surface area contributed by atoms with Crippen LogP contribution >= 0.6 is 0 Å². The molecule has 1 aliphatic heterocycles. The van der Waals surface area contributed by atoms with Crippen molar-refractivity contribution in [3.05, 3.63) is 35.9 Å². The Morgan fingerprint density at radius 1 is 1.04 bits per heavy atom. The molecule has 0 radical (unpaired) electrons. The summed E-state index contributed by atoms with van der Waals surface area (Å²) in [6, 6.07) is 10.7. The summed E-state index contributed by atoms with van der Waals surface area (Å²) in [6.07, 6.45) is 4.38. The van der Waals surface area contributed by atoms with E-state index in [9.17, 15) is 0 Å². The van der Waals surface area contributed by atoms with Gasteiger partial charge in [-0.05, 0) is 65.8 Å². The van der Waals surface area contributed by atoms with Crippen LogP contribution in [0, 0.1) is 23.7 Å². The van der Waals surface area contributed by atoms with Crippen molar-refractivity contribution in [3.8, 4) is 0 Å². The maximum absolute atomic E-state index is 4.37. The lowest BCUT2D eigenvalue weighted by atomic mass is 9.82. The Bertz CT molecular complexity index is 678. The van der Waals surface area contributed by atoms with Gasteiger partial charge in [0, 0.05) is 13.1 Å². The van der Waals surface area contributed by atoms with Crippen LogP contribution in [0.4, 0.5) is 5.95 Å². The standard InChI is InChI=1S/C18H23N5/c1-12(13-5-3-2-4-6-13)23-18(19-20-21-23)22-10-16-14-7-8-15(9-14)17(16)11-22/h2-6,12,14-17H,7-11H2,1H3/t12-,14-,15+,16-,17+/m0/s1. The first-order valence-electron chi connectivity index (χ1n) is 8.89. The van der Waals surface area contributed by atoms with Crippen molar-refractivity contribution in [1.29, 1.82) is 0 Å². The highest BCUT2D eigenvalue weighted by Crippen LogP contribution is 2.55. The van der Waals surface area contributed by atoms with Gasteiger partial charge in [-0.1, -0.05) is 35.4 Å². The van der Waals surface area contributed by atoms with Crippen molar-refractivity contribution in [1.82, 2.24) is 20.2 Å². The fourth-order valence-corrected chi connectivity index (χ4v) is 5.37. The van der Waals surface area contributed by atoms with Crippen molar-refractivity contribution in [3.63, 3.8) is 0 Å². The Morgan fingerprint density at radius 2 is 1.74 bits per heavy atom. The summed E-state index contributed by atoms with van der Waals surface area (Å²) < 4.78 is 2.00. The van der Waals surface area contributed by atoms with Crippen LogP contribution in [-0.2, 0) is 0 Å². The van der Waals surface area contributed by atoms with Crippen molar-refractivity contribution in [2.75, 3.05) is 18.0 Å². The van der Waals surface area contributed by atoms with Crippen LogP contribution in [0.5, 0.6) is 0 Å². The van der Waals surface area contributed by atoms with Gasteiger partial charge in [-0.2, -0.15) is 0 Å². The molecule has 3 fully saturated rings. The summed E-state index contributed by atoms with van der Waals surface area (Å²) in [5.41, 5.74) is 1.25. The van der Waals surface area contributed by atoms with Gasteiger partial charge in [0.25, 0.3) is 0 Å². The fourth-order valence-electron chi connectivity index (χ4n) is 5.37. The van der Waals surface area contributed by atoms with Gasteiger partial charge in [0.15, 0.2) is 0 Å². The van der Waals surface area contributed by atoms with E-state index in [1.54, 1.807) is 0 Å². The van der Waals surface area contributed by atoms with Gasteiger partial charge in [0.1, 0.15) is 0 Å². The van der Waals surface area contributed by atoms with E-state index in [0.717, 1.165) is 42.7 Å². The molecule has 2 bridgehead atoms. The first kappa shape index (κ1) is 13.5. The molecule has 2 aliphatic carbocycles. The topological polar surface area (TPSA) is 46.8 Å². The normalized spacial score (nSPS) is 33.2. The zero-order valence-corrected chi connectivity index (χ0v) is 13.5. The lowest BCUT2D eigenvalue weighted by Crippen LogP contribution is -2.27. The van der Waals surface area contributed by atoms with E-state index in [1.807, 2.05) is 10.7 Å². The SMILES string of the molecule is C[C@@H](c1ccccc1)n1nnnc1N1C[C@@H]2[C@@H]3CC[C@@H](C3)[C@@H]2C1. The zero-order chi connectivity index (χ0) is 15.4. The van der Waals surface area contributed by atoms with Crippen LogP contribution < -0.4 is 4.90 Å². The maximum atomic E-state index is 4.37. The van der Waals surface area contributed by atoms with Gasteiger partial charge < -0.3 is 4.90 Å². The highest BCUT2D eigenvalue weighted by molar-refractivity contribution is 5.34. The molecule has 3 aliphatic rings. The molecule has 5 rings (SSSR count). The number of hydrogen-bond donors (Lipinski definition) is 0. The Morgan fingerprint density at radius 3 is 2.43 bits per heavy atom. The van der Waals surface area contributed by atoms with E-state index < -0.39 is 0 Å². The molecule has 0 unspecified atom stereocenters. The molecule has 1 aromatic heterocycles. The van der Waals surface area contributed by atoms with Crippen molar-refractivity contribution < 1.29 is 0 Å². The molecule has 2 saturated carbocycles. The van der Waals surface area contributed by atoms with E-state index in [2.05, 4.69) is 51.6 Å². The fraction of sp³-hybridized carbons (Fsp3) is 0.611. The minimum Gasteiger partial charge on any atom is -0.339 e. The number of fused-ring (bicyclic) bond motifs is 5. The van der Waals surface area contributed by atoms with Crippen LogP contribution in [0.15, 0.2) is 30.3 Å². The average Bonchev–Trinajstić information content (AvgIpc) is 3.34. The molecule has 5 atom stereocenters. The molecule has 2 heterocycles. The van der Waals surface area contributed by atoms with Crippen LogP contribution in [-0.4, -0.2) is 33.3 Å². The van der Waals surface area contributed by atoms with Gasteiger partial charge in [0.2, 0.25) is 5.95 Å². The van der Waals surface area contributed by atoms with Crippen molar-refractivity contribution >= 4 is 5.95 Å². The number of benzene rings is 1. The Hall–Kier alpha value is -1.91. The molecular formula is C18H23N5. The zero-order valence-electron chi connectivity index (χ0n) is 13.5. The van der Waals surface area contributed by atoms with Crippen molar-refractivity contribution in [2.24, 2.45) is 23.7 Å². The molecule has 0 spiro atoms. The number of rotatable bonds is 3. The Labute approximate surface area is 136 Å². The smallest absolute Gasteiger partial charge is 0.246 e. The Balaban J connectivity index is 1.42. The first-order chi connectivity index (χ1) is 11.3. The summed E-state index contributed by atoms with van der Waals surface area (Å²) in [6.45, 7) is 4.47. The second kappa shape index (κ2) is 5.05. The largest absolute Gasteiger partial charge is 0.339 e. The molecule has 2 aromatic rings. The van der Waals surface area contributed by atoms with E-state index >= 15 is 0 Å². The van der Waals surface area contributed by atoms with Gasteiger partial charge in [-0.3, -0.25) is 0 Å². The van der Waals surface area contributed by atoms with Crippen LogP contribution in [0.2, 0.25) is 0 Å². The highest BCUT2D eigenvalue weighted by atomic mass is 15.6. The minimum absolute atomic E-state index is 0.165. The van der Waals surface area contributed by atoms with Crippen LogP contribution in [0.1, 0.15) is 37.8 Å². The number of anilines is 1. The second-order valence-electron chi connectivity index (χ2n) is 7.58. The number of tetrazole rings is 1. The summed E-state index contributed by atoms with van der Waals surface area (Å²) in [4.78, 5) is 2.44. The Kier molecular flexibility index (Phi) is 2.97. The molecule has 23 heavy (non-hydrogen) atoms. The van der Waals surface area contributed by atoms with Gasteiger partial charge in [0.05, 0.1) is 6.04 Å². The highest BCUT2D eigenvalue weighted by Gasteiger charge is 2.52. The quantitative estimate of drug-likeness (QED) is 0.874. The number of hydrogen-bond acceptors (Lipinski definition) is 4. The predicted octanol–water partition coefficient (Wildman–Crippen LogP) is 2.76. The summed E-state index contributed by atoms with van der Waals surface area (Å²) >= 11 is 0. The van der Waals surface area contributed by atoms with Crippen LogP contribution in [0.3, 0.4) is 0 Å². The molecular weight excluding hydrogens is 286 g/mol. The van der Waals surface area contributed by atoms with E-state index in [4.69, 9.17) is 0 Å². The summed E-state index contributed by atoms with van der Waals surface area (Å²) in [7, 11) is 0. The molecule has 0 amide bonds. The molecule has 0 N–H and O–H groups in total. The third-order valence-corrected chi connectivity index (χ3v) is 6.54. The molecule has 1 saturated heterocycles. The third kappa shape index (κ3) is 2.02. The monoisotopic (exact) mass is 309 g/mol. The van der Waals surface area contributed by atoms with E-state index in [0.29, 0.717) is 0 Å². The minimum atomic E-state index is 0.165. The number of aromatic nitrogens is 4. The molecule has 1 aromatic carbocycles. The van der Waals surface area contributed by atoms with E-state index in [-0.39, 0.29) is 6.04 Å². The predicted molar refractivity (Wildman–Crippen MR) is 88.1 cm³/mol. The van der Waals surface area contributed by atoms with Crippen LogP contribution in [0.25, 0.3) is 0 Å². The third-order valence-electron chi connectivity index (χ3n) is 6.54. The average molecular weight is 309 g/mol. The van der Waals surface area contributed by atoms with Gasteiger partial charge in [-0.25, -0.2) is 4.68 Å². The summed E-state index contributed by atoms with van der Waals surface area (Å²) in [5, 5.41) is 12.7. The molecule has 5 heteroatoms. The maximum Gasteiger partial charge on any atom is 0.246 e. The number of nitrogens with zero attached hydrogens (tertiary/aromatic N) is 5. The van der Waals surface area contributed by atoms with Gasteiger partial charge in [-0.15, -0.1) is 0 Å². The second-order valence-corrected chi connectivity index (χ2v) is 7.58. The lowest BCUT2D eigenvalue weighted by molar-refractivity contribution is 0.281. The molecule has 5 nitrogen and oxygen atoms in total.